The van der Waals surface area contributed by atoms with Crippen LogP contribution >= 0.6 is 27.3 Å². The summed E-state index contributed by atoms with van der Waals surface area (Å²) in [5.74, 6) is 0. The average Bonchev–Trinajstić information content (AvgIpc) is 2.74. The first-order chi connectivity index (χ1) is 8.66. The molecule has 0 aliphatic carbocycles. The molecule has 2 rings (SSSR count). The highest BCUT2D eigenvalue weighted by Crippen LogP contribution is 2.25. The maximum atomic E-state index is 10.1. The molecule has 1 heterocycles. The van der Waals surface area contributed by atoms with Gasteiger partial charge >= 0.3 is 0 Å². The first-order valence-corrected chi connectivity index (χ1v) is 7.78. The van der Waals surface area contributed by atoms with Crippen LogP contribution in [0.3, 0.4) is 0 Å². The van der Waals surface area contributed by atoms with Crippen molar-refractivity contribution in [3.05, 3.63) is 56.2 Å². The molecule has 1 aromatic carbocycles. The van der Waals surface area contributed by atoms with Crippen molar-refractivity contribution in [2.75, 3.05) is 0 Å². The number of aryl methyl sites for hydroxylation is 2. The smallest absolute Gasteiger partial charge is 0.0592 e. The van der Waals surface area contributed by atoms with Gasteiger partial charge in [0.15, 0.2) is 0 Å². The Morgan fingerprint density at radius 2 is 2.06 bits per heavy atom. The van der Waals surface area contributed by atoms with Gasteiger partial charge in [-0.15, -0.1) is 11.3 Å². The summed E-state index contributed by atoms with van der Waals surface area (Å²) in [6, 6.07) is 10.4. The lowest BCUT2D eigenvalue weighted by molar-refractivity contribution is 0.166. The van der Waals surface area contributed by atoms with Gasteiger partial charge in [0.1, 0.15) is 0 Å². The molecule has 0 fully saturated rings. The van der Waals surface area contributed by atoms with Crippen LogP contribution in [0.4, 0.5) is 0 Å². The second kappa shape index (κ2) is 6.50. The lowest BCUT2D eigenvalue weighted by Gasteiger charge is -2.11. The molecule has 0 spiro atoms. The summed E-state index contributed by atoms with van der Waals surface area (Å²) in [6.07, 6.45) is 2.23. The molecule has 0 saturated carbocycles. The van der Waals surface area contributed by atoms with E-state index >= 15 is 0 Å². The Morgan fingerprint density at radius 3 is 2.72 bits per heavy atom. The van der Waals surface area contributed by atoms with Crippen molar-refractivity contribution in [2.24, 2.45) is 0 Å². The molecule has 0 aliphatic heterocycles. The molecule has 96 valence electrons. The van der Waals surface area contributed by atoms with Gasteiger partial charge in [0, 0.05) is 15.8 Å². The quantitative estimate of drug-likeness (QED) is 0.866. The van der Waals surface area contributed by atoms with Gasteiger partial charge in [0.25, 0.3) is 0 Å². The normalized spacial score (nSPS) is 12.6. The van der Waals surface area contributed by atoms with Gasteiger partial charge in [-0.2, -0.15) is 0 Å². The number of thiophene rings is 1. The molecule has 1 atom stereocenters. The summed E-state index contributed by atoms with van der Waals surface area (Å²) in [6.45, 7) is 2.12. The lowest BCUT2D eigenvalue weighted by Crippen LogP contribution is -2.11. The van der Waals surface area contributed by atoms with E-state index in [2.05, 4.69) is 47.1 Å². The minimum Gasteiger partial charge on any atom is -0.393 e. The maximum Gasteiger partial charge on any atom is 0.0592 e. The zero-order chi connectivity index (χ0) is 13.0. The van der Waals surface area contributed by atoms with E-state index in [1.165, 1.54) is 16.0 Å². The molecule has 1 unspecified atom stereocenters. The summed E-state index contributed by atoms with van der Waals surface area (Å²) in [5, 5.41) is 12.1. The predicted octanol–water partition coefficient (Wildman–Crippen LogP) is 4.36. The number of rotatable bonds is 5. The summed E-state index contributed by atoms with van der Waals surface area (Å²) < 4.78 is 1.11. The second-order valence-electron chi connectivity index (χ2n) is 4.51. The summed E-state index contributed by atoms with van der Waals surface area (Å²) in [5.41, 5.74) is 2.64. The van der Waals surface area contributed by atoms with Crippen molar-refractivity contribution in [1.82, 2.24) is 0 Å². The molecule has 0 amide bonds. The SMILES string of the molecule is Cc1ccccc1CCC(O)Cc1sccc1Br. The number of benzene rings is 1. The van der Waals surface area contributed by atoms with Crippen LogP contribution in [0, 0.1) is 6.92 Å². The Morgan fingerprint density at radius 1 is 1.28 bits per heavy atom. The number of hydrogen-bond acceptors (Lipinski definition) is 2. The number of aliphatic hydroxyl groups excluding tert-OH is 1. The van der Waals surface area contributed by atoms with Gasteiger partial charge in [-0.25, -0.2) is 0 Å². The number of hydrogen-bond donors (Lipinski definition) is 1. The molecular formula is C15H17BrOS. The maximum absolute atomic E-state index is 10.1. The fourth-order valence-corrected chi connectivity index (χ4v) is 3.59. The largest absolute Gasteiger partial charge is 0.393 e. The molecule has 3 heteroatoms. The van der Waals surface area contributed by atoms with Crippen molar-refractivity contribution >= 4 is 27.3 Å². The highest BCUT2D eigenvalue weighted by molar-refractivity contribution is 9.10. The molecular weight excluding hydrogens is 308 g/mol. The fraction of sp³-hybridized carbons (Fsp3) is 0.333. The molecule has 1 aromatic heterocycles. The Bertz CT molecular complexity index is 507. The van der Waals surface area contributed by atoms with Crippen LogP contribution in [0.15, 0.2) is 40.2 Å². The third-order valence-electron chi connectivity index (χ3n) is 3.12. The average molecular weight is 325 g/mol. The molecule has 1 nitrogen and oxygen atoms in total. The number of aliphatic hydroxyl groups is 1. The second-order valence-corrected chi connectivity index (χ2v) is 6.37. The Balaban J connectivity index is 1.87. The predicted molar refractivity (Wildman–Crippen MR) is 81.2 cm³/mol. The molecule has 0 radical (unpaired) electrons. The van der Waals surface area contributed by atoms with Gasteiger partial charge < -0.3 is 5.11 Å². The van der Waals surface area contributed by atoms with E-state index in [1.807, 2.05) is 11.4 Å². The van der Waals surface area contributed by atoms with Crippen molar-refractivity contribution < 1.29 is 5.11 Å². The van der Waals surface area contributed by atoms with E-state index < -0.39 is 0 Å². The van der Waals surface area contributed by atoms with Crippen LogP contribution < -0.4 is 0 Å². The molecule has 0 aliphatic rings. The van der Waals surface area contributed by atoms with Crippen LogP contribution in [0.25, 0.3) is 0 Å². The Labute approximate surface area is 121 Å². The fourth-order valence-electron chi connectivity index (χ4n) is 2.00. The third-order valence-corrected chi connectivity index (χ3v) is 5.07. The van der Waals surface area contributed by atoms with E-state index in [-0.39, 0.29) is 6.10 Å². The Hall–Kier alpha value is -0.640. The van der Waals surface area contributed by atoms with Crippen LogP contribution in [0.5, 0.6) is 0 Å². The van der Waals surface area contributed by atoms with Crippen molar-refractivity contribution in [1.29, 1.82) is 0 Å². The van der Waals surface area contributed by atoms with Crippen LogP contribution in [0.2, 0.25) is 0 Å². The Kier molecular flexibility index (Phi) is 4.98. The first kappa shape index (κ1) is 13.8. The monoisotopic (exact) mass is 324 g/mol. The minimum absolute atomic E-state index is 0.264. The minimum atomic E-state index is -0.264. The van der Waals surface area contributed by atoms with E-state index in [1.54, 1.807) is 11.3 Å². The summed E-state index contributed by atoms with van der Waals surface area (Å²) in [4.78, 5) is 1.23. The first-order valence-electron chi connectivity index (χ1n) is 6.11. The highest BCUT2D eigenvalue weighted by atomic mass is 79.9. The topological polar surface area (TPSA) is 20.2 Å². The van der Waals surface area contributed by atoms with Crippen LogP contribution in [0.1, 0.15) is 22.4 Å². The van der Waals surface area contributed by atoms with Gasteiger partial charge in [0.2, 0.25) is 0 Å². The van der Waals surface area contributed by atoms with Gasteiger partial charge in [0.05, 0.1) is 6.10 Å². The molecule has 2 aromatic rings. The van der Waals surface area contributed by atoms with Crippen molar-refractivity contribution in [2.45, 2.75) is 32.3 Å². The molecule has 0 bridgehead atoms. The lowest BCUT2D eigenvalue weighted by atomic mass is 10.0. The molecule has 1 N–H and O–H groups in total. The standard InChI is InChI=1S/C15H17BrOS/c1-11-4-2-3-5-12(11)6-7-13(17)10-15-14(16)8-9-18-15/h2-5,8-9,13,17H,6-7,10H2,1H3. The van der Waals surface area contributed by atoms with Crippen molar-refractivity contribution in [3.8, 4) is 0 Å². The van der Waals surface area contributed by atoms with Crippen LogP contribution in [-0.4, -0.2) is 11.2 Å². The zero-order valence-corrected chi connectivity index (χ0v) is 12.8. The highest BCUT2D eigenvalue weighted by Gasteiger charge is 2.10. The molecule has 0 saturated heterocycles. The van der Waals surface area contributed by atoms with Gasteiger partial charge in [-0.3, -0.25) is 0 Å². The van der Waals surface area contributed by atoms with Crippen LogP contribution in [-0.2, 0) is 12.8 Å². The van der Waals surface area contributed by atoms with E-state index in [4.69, 9.17) is 0 Å². The summed E-state index contributed by atoms with van der Waals surface area (Å²) >= 11 is 5.20. The van der Waals surface area contributed by atoms with Gasteiger partial charge in [-0.1, -0.05) is 24.3 Å². The van der Waals surface area contributed by atoms with Gasteiger partial charge in [-0.05, 0) is 58.3 Å². The zero-order valence-electron chi connectivity index (χ0n) is 10.4. The third kappa shape index (κ3) is 3.67. The van der Waals surface area contributed by atoms with Crippen molar-refractivity contribution in [3.63, 3.8) is 0 Å². The van der Waals surface area contributed by atoms with E-state index in [0.717, 1.165) is 23.7 Å². The summed E-state index contributed by atoms with van der Waals surface area (Å²) in [7, 11) is 0. The number of halogens is 1. The van der Waals surface area contributed by atoms with E-state index in [9.17, 15) is 5.11 Å². The molecule has 18 heavy (non-hydrogen) atoms. The van der Waals surface area contributed by atoms with E-state index in [0.29, 0.717) is 0 Å².